The SMILES string of the molecule is CCN1CCC[C@H]1CNC(=O)C(=O)Nc1c(-c2ccccc2)[nH]c2ccccc12. The van der Waals surface area contributed by atoms with E-state index in [9.17, 15) is 9.59 Å². The summed E-state index contributed by atoms with van der Waals surface area (Å²) < 4.78 is 0. The van der Waals surface area contributed by atoms with Gasteiger partial charge in [0.25, 0.3) is 0 Å². The molecule has 0 bridgehead atoms. The molecule has 1 atom stereocenters. The number of H-pyrrole nitrogens is 1. The number of fused-ring (bicyclic) bond motifs is 1. The number of hydrogen-bond acceptors (Lipinski definition) is 3. The largest absolute Gasteiger partial charge is 0.353 e. The second-order valence-electron chi connectivity index (χ2n) is 7.38. The first kappa shape index (κ1) is 19.2. The molecule has 0 radical (unpaired) electrons. The average Bonchev–Trinajstić information content (AvgIpc) is 3.37. The molecule has 1 aliphatic rings. The van der Waals surface area contributed by atoms with Crippen molar-refractivity contribution in [1.82, 2.24) is 15.2 Å². The fourth-order valence-corrected chi connectivity index (χ4v) is 4.10. The van der Waals surface area contributed by atoms with E-state index in [1.807, 2.05) is 54.6 Å². The van der Waals surface area contributed by atoms with Gasteiger partial charge in [0.2, 0.25) is 0 Å². The predicted molar refractivity (Wildman–Crippen MR) is 116 cm³/mol. The van der Waals surface area contributed by atoms with Crippen molar-refractivity contribution in [3.63, 3.8) is 0 Å². The van der Waals surface area contributed by atoms with Crippen LogP contribution in [0.3, 0.4) is 0 Å². The van der Waals surface area contributed by atoms with E-state index in [4.69, 9.17) is 0 Å². The van der Waals surface area contributed by atoms with Crippen LogP contribution in [-0.4, -0.2) is 47.4 Å². The van der Waals surface area contributed by atoms with Crippen LogP contribution in [0.1, 0.15) is 19.8 Å². The van der Waals surface area contributed by atoms with E-state index in [0.29, 0.717) is 18.3 Å². The Morgan fingerprint density at radius 2 is 1.83 bits per heavy atom. The highest BCUT2D eigenvalue weighted by Gasteiger charge is 2.25. The molecule has 3 N–H and O–H groups in total. The van der Waals surface area contributed by atoms with Crippen molar-refractivity contribution in [1.29, 1.82) is 0 Å². The molecule has 0 unspecified atom stereocenters. The number of rotatable bonds is 5. The molecule has 1 aliphatic heterocycles. The van der Waals surface area contributed by atoms with E-state index in [-0.39, 0.29) is 0 Å². The first-order chi connectivity index (χ1) is 14.2. The minimum Gasteiger partial charge on any atom is -0.353 e. The number of benzene rings is 2. The fraction of sp³-hybridized carbons (Fsp3) is 0.304. The van der Waals surface area contributed by atoms with Crippen LogP contribution in [-0.2, 0) is 9.59 Å². The number of carbonyl (C=O) groups is 2. The van der Waals surface area contributed by atoms with Gasteiger partial charge in [0.05, 0.1) is 11.4 Å². The normalized spacial score (nSPS) is 16.8. The van der Waals surface area contributed by atoms with Gasteiger partial charge < -0.3 is 15.6 Å². The molecule has 0 saturated carbocycles. The molecular weight excluding hydrogens is 364 g/mol. The van der Waals surface area contributed by atoms with Crippen LogP contribution in [0.4, 0.5) is 5.69 Å². The summed E-state index contributed by atoms with van der Waals surface area (Å²) in [6.07, 6.45) is 2.19. The van der Waals surface area contributed by atoms with Gasteiger partial charge in [-0.3, -0.25) is 14.5 Å². The molecule has 1 fully saturated rings. The fourth-order valence-electron chi connectivity index (χ4n) is 4.10. The van der Waals surface area contributed by atoms with E-state index in [1.165, 1.54) is 0 Å². The van der Waals surface area contributed by atoms with Crippen molar-refractivity contribution in [2.45, 2.75) is 25.8 Å². The second kappa shape index (κ2) is 8.49. The molecule has 2 aromatic carbocycles. The summed E-state index contributed by atoms with van der Waals surface area (Å²) in [6, 6.07) is 17.8. The topological polar surface area (TPSA) is 77.2 Å². The van der Waals surface area contributed by atoms with Crippen molar-refractivity contribution in [2.24, 2.45) is 0 Å². The first-order valence-corrected chi connectivity index (χ1v) is 10.2. The third-order valence-electron chi connectivity index (χ3n) is 5.62. The lowest BCUT2D eigenvalue weighted by Crippen LogP contribution is -2.43. The third-order valence-corrected chi connectivity index (χ3v) is 5.62. The van der Waals surface area contributed by atoms with E-state index in [1.54, 1.807) is 0 Å². The molecule has 1 aromatic heterocycles. The van der Waals surface area contributed by atoms with Gasteiger partial charge in [0, 0.05) is 29.1 Å². The van der Waals surface area contributed by atoms with Crippen molar-refractivity contribution in [3.05, 3.63) is 54.6 Å². The zero-order valence-corrected chi connectivity index (χ0v) is 16.6. The molecular formula is C23H26N4O2. The summed E-state index contributed by atoms with van der Waals surface area (Å²) >= 11 is 0. The highest BCUT2D eigenvalue weighted by Crippen LogP contribution is 2.34. The molecule has 29 heavy (non-hydrogen) atoms. The van der Waals surface area contributed by atoms with Crippen LogP contribution in [0.2, 0.25) is 0 Å². The highest BCUT2D eigenvalue weighted by molar-refractivity contribution is 6.40. The lowest BCUT2D eigenvalue weighted by atomic mass is 10.1. The highest BCUT2D eigenvalue weighted by atomic mass is 16.2. The van der Waals surface area contributed by atoms with E-state index >= 15 is 0 Å². The smallest absolute Gasteiger partial charge is 0.313 e. The molecule has 150 valence electrons. The van der Waals surface area contributed by atoms with Crippen LogP contribution in [0.5, 0.6) is 0 Å². The Bertz CT molecular complexity index is 1010. The molecule has 0 aliphatic carbocycles. The molecule has 2 heterocycles. The Morgan fingerprint density at radius 3 is 2.62 bits per heavy atom. The van der Waals surface area contributed by atoms with Crippen LogP contribution in [0, 0.1) is 0 Å². The number of likely N-dealkylation sites (N-methyl/N-ethyl adjacent to an activating group) is 1. The molecule has 6 heteroatoms. The van der Waals surface area contributed by atoms with Gasteiger partial charge in [-0.15, -0.1) is 0 Å². The standard InChI is InChI=1S/C23H26N4O2/c1-2-27-14-8-11-17(27)15-24-22(28)23(29)26-21-18-12-6-7-13-19(18)25-20(21)16-9-4-3-5-10-16/h3-7,9-10,12-13,17,25H,2,8,11,14-15H2,1H3,(H,24,28)(H,26,29)/t17-/m0/s1. The number of aromatic nitrogens is 1. The predicted octanol–water partition coefficient (Wildman–Crippen LogP) is 3.37. The Kier molecular flexibility index (Phi) is 5.62. The minimum absolute atomic E-state index is 0.310. The van der Waals surface area contributed by atoms with E-state index < -0.39 is 11.8 Å². The third kappa shape index (κ3) is 4.03. The molecule has 6 nitrogen and oxygen atoms in total. The Morgan fingerprint density at radius 1 is 1.07 bits per heavy atom. The number of nitrogens with one attached hydrogen (secondary N) is 3. The first-order valence-electron chi connectivity index (χ1n) is 10.2. The van der Waals surface area contributed by atoms with Crippen LogP contribution in [0.25, 0.3) is 22.2 Å². The Labute approximate surface area is 170 Å². The second-order valence-corrected chi connectivity index (χ2v) is 7.38. The molecule has 3 aromatic rings. The quantitative estimate of drug-likeness (QED) is 0.585. The van der Waals surface area contributed by atoms with Gasteiger partial charge in [0.15, 0.2) is 0 Å². The van der Waals surface area contributed by atoms with Crippen molar-refractivity contribution < 1.29 is 9.59 Å². The van der Waals surface area contributed by atoms with Gasteiger partial charge in [-0.25, -0.2) is 0 Å². The zero-order chi connectivity index (χ0) is 20.2. The molecule has 0 spiro atoms. The lowest BCUT2D eigenvalue weighted by molar-refractivity contribution is -0.136. The van der Waals surface area contributed by atoms with Crippen LogP contribution in [0.15, 0.2) is 54.6 Å². The lowest BCUT2D eigenvalue weighted by Gasteiger charge is -2.22. The van der Waals surface area contributed by atoms with Crippen molar-refractivity contribution in [2.75, 3.05) is 25.0 Å². The van der Waals surface area contributed by atoms with Crippen molar-refractivity contribution >= 4 is 28.4 Å². The van der Waals surface area contributed by atoms with Gasteiger partial charge in [-0.2, -0.15) is 0 Å². The van der Waals surface area contributed by atoms with E-state index in [0.717, 1.165) is 48.1 Å². The van der Waals surface area contributed by atoms with Gasteiger partial charge in [-0.05, 0) is 32.0 Å². The number of carbonyl (C=O) groups excluding carboxylic acids is 2. The molecule has 1 saturated heterocycles. The summed E-state index contributed by atoms with van der Waals surface area (Å²) in [5.41, 5.74) is 3.28. The number of amides is 2. The zero-order valence-electron chi connectivity index (χ0n) is 16.6. The van der Waals surface area contributed by atoms with Gasteiger partial charge in [0.1, 0.15) is 0 Å². The summed E-state index contributed by atoms with van der Waals surface area (Å²) in [7, 11) is 0. The van der Waals surface area contributed by atoms with E-state index in [2.05, 4.69) is 27.4 Å². The summed E-state index contributed by atoms with van der Waals surface area (Å²) in [6.45, 7) is 4.63. The number of para-hydroxylation sites is 1. The maximum Gasteiger partial charge on any atom is 0.313 e. The number of aromatic amines is 1. The van der Waals surface area contributed by atoms with Crippen molar-refractivity contribution in [3.8, 4) is 11.3 Å². The molecule has 2 amide bonds. The van der Waals surface area contributed by atoms with Gasteiger partial charge >= 0.3 is 11.8 Å². The monoisotopic (exact) mass is 390 g/mol. The maximum atomic E-state index is 12.6. The molecule has 4 rings (SSSR count). The average molecular weight is 390 g/mol. The maximum absolute atomic E-state index is 12.6. The van der Waals surface area contributed by atoms with Gasteiger partial charge in [-0.1, -0.05) is 55.5 Å². The number of nitrogens with zero attached hydrogens (tertiary/aromatic N) is 1. The van der Waals surface area contributed by atoms with Crippen LogP contribution < -0.4 is 10.6 Å². The Hall–Kier alpha value is -3.12. The number of likely N-dealkylation sites (tertiary alicyclic amines) is 1. The minimum atomic E-state index is -0.645. The summed E-state index contributed by atoms with van der Waals surface area (Å²) in [4.78, 5) is 30.8. The summed E-state index contributed by atoms with van der Waals surface area (Å²) in [5, 5.41) is 6.52. The Balaban J connectivity index is 1.52. The number of anilines is 1. The summed E-state index contributed by atoms with van der Waals surface area (Å²) in [5.74, 6) is -1.25. The van der Waals surface area contributed by atoms with Crippen LogP contribution >= 0.6 is 0 Å². The number of hydrogen-bond donors (Lipinski definition) is 3.